The van der Waals surface area contributed by atoms with Crippen LogP contribution in [0.5, 0.6) is 0 Å². The van der Waals surface area contributed by atoms with Gasteiger partial charge in [0.2, 0.25) is 29.5 Å². The Bertz CT molecular complexity index is 3630. The number of anilines is 1. The van der Waals surface area contributed by atoms with Crippen molar-refractivity contribution in [1.29, 1.82) is 0 Å². The molecule has 5 N–H and O–H groups in total. The molecule has 10 atom stereocenters. The molecule has 7 aliphatic rings. The SMILES string of the molecule is CCCC1O[C@@H]2C[C@H]3[C@@H]4CCC5=CC(=O)C=C[C@]5(C)[C@H]4[C@@H](O)C[C@]3(C)[C@]2(C(=O)COC2CCCN2C(=O)CNC(=O)CCOCCOCCOCCOCCNC(=O)CCC(=O)N2Cc3ccccc3-c3nnn(CCOCCOCCOCCOCCC(=O)NCCS(=O)(=O)O)c3-c3ccccc32)O1. The first-order chi connectivity index (χ1) is 50.7. The molecule has 105 heavy (non-hydrogen) atoms. The molecule has 3 aromatic rings. The van der Waals surface area contributed by atoms with E-state index in [0.717, 1.165) is 47.2 Å². The highest BCUT2D eigenvalue weighted by Crippen LogP contribution is 2.70. The summed E-state index contributed by atoms with van der Waals surface area (Å²) in [5.74, 6) is -2.43. The van der Waals surface area contributed by atoms with E-state index < -0.39 is 57.0 Å². The van der Waals surface area contributed by atoms with Gasteiger partial charge in [0.1, 0.15) is 18.5 Å². The average molecular weight is 1490 g/mol. The van der Waals surface area contributed by atoms with Gasteiger partial charge in [-0.25, -0.2) is 4.68 Å². The van der Waals surface area contributed by atoms with Gasteiger partial charge in [0.15, 0.2) is 23.5 Å². The highest BCUT2D eigenvalue weighted by atomic mass is 32.2. The van der Waals surface area contributed by atoms with E-state index >= 15 is 0 Å². The predicted octanol–water partition coefficient (Wildman–Crippen LogP) is 4.09. The molecule has 0 bridgehead atoms. The molecule has 2 aromatic carbocycles. The van der Waals surface area contributed by atoms with E-state index in [2.05, 4.69) is 40.1 Å². The van der Waals surface area contributed by atoms with Crippen LogP contribution in [0.3, 0.4) is 0 Å². The number of carbonyl (C=O) groups is 7. The number of allylic oxidation sites excluding steroid dienone is 4. The van der Waals surface area contributed by atoms with Crippen LogP contribution in [0, 0.1) is 28.6 Å². The summed E-state index contributed by atoms with van der Waals surface area (Å²) >= 11 is 0. The first-order valence-electron chi connectivity index (χ1n) is 36.9. The van der Waals surface area contributed by atoms with E-state index in [1.807, 2.05) is 61.5 Å². The van der Waals surface area contributed by atoms with Crippen molar-refractivity contribution in [3.63, 3.8) is 0 Å². The topological polar surface area (TPSA) is 369 Å². The number of nitrogens with zero attached hydrogens (tertiary/aromatic N) is 5. The van der Waals surface area contributed by atoms with Crippen LogP contribution in [-0.2, 0) is 109 Å². The van der Waals surface area contributed by atoms with Gasteiger partial charge in [-0.3, -0.25) is 38.1 Å². The van der Waals surface area contributed by atoms with Crippen LogP contribution in [-0.4, -0.2) is 254 Å². The average Bonchev–Trinajstić information content (AvgIpc) is 1.53. The number of ketones is 2. The Hall–Kier alpha value is -6.82. The van der Waals surface area contributed by atoms with E-state index in [1.54, 1.807) is 26.6 Å². The number of benzene rings is 2. The molecule has 2 unspecified atom stereocenters. The number of aliphatic hydroxyl groups is 1. The third-order valence-corrected chi connectivity index (χ3v) is 21.8. The Balaban J connectivity index is 0.544. The number of para-hydroxylation sites is 1. The molecular weight excluding hydrogens is 1380 g/mol. The number of carbonyl (C=O) groups excluding carboxylic acids is 7. The quantitative estimate of drug-likeness (QED) is 0.0393. The van der Waals surface area contributed by atoms with E-state index in [0.29, 0.717) is 123 Å². The lowest BCUT2D eigenvalue weighted by molar-refractivity contribution is -0.203. The van der Waals surface area contributed by atoms with Crippen molar-refractivity contribution in [2.24, 2.45) is 28.6 Å². The van der Waals surface area contributed by atoms with Gasteiger partial charge in [-0.1, -0.05) is 86.5 Å². The zero-order valence-corrected chi connectivity index (χ0v) is 61.4. The minimum atomic E-state index is -4.14. The van der Waals surface area contributed by atoms with E-state index in [-0.39, 0.29) is 157 Å². The molecule has 0 radical (unpaired) electrons. The van der Waals surface area contributed by atoms with Crippen LogP contribution in [0.1, 0.15) is 103 Å². The standard InChI is InChI=1S/C74H104N8O22S/c1-4-10-68-103-61-46-57-55-17-16-52-45-53(83)20-23-72(52,2)69(55)59(84)47-73(57,3)74(61,104-68)60(85)50-102-67-15-9-26-80(67)66(90)48-77-64(88)22-29-95-33-37-99-40-42-100-38-34-96-30-24-75-62(86)18-19-65(89)81-49-51-11-5-6-12-54(51)70-71(56-13-7-8-14-58(56)81)82(79-78-70)27-31-97-35-39-101-43-41-98-36-32-94-28-21-63(87)76-25-44-105(91,92)93/h5-8,11-14,20,23,45,55,57,59,61,67-69,84H,4,9-10,15-19,21-22,24-44,46-50H2,1-3H3,(H,75,86)(H,76,87)(H,77,88)(H,91,92,93)/t55-,57-,59-,61+,67?,68?,69+,72-,73-,74+/m0/s1. The van der Waals surface area contributed by atoms with E-state index in [4.69, 9.17) is 56.7 Å². The van der Waals surface area contributed by atoms with Crippen molar-refractivity contribution in [3.8, 4) is 22.5 Å². The molecule has 30 nitrogen and oxygen atoms in total. The highest BCUT2D eigenvalue weighted by Gasteiger charge is 2.76. The second-order valence-corrected chi connectivity index (χ2v) is 29.5. The van der Waals surface area contributed by atoms with Gasteiger partial charge >= 0.3 is 0 Å². The summed E-state index contributed by atoms with van der Waals surface area (Å²) < 4.78 is 96.6. The van der Waals surface area contributed by atoms with Crippen LogP contribution >= 0.6 is 0 Å². The molecule has 10 rings (SSSR count). The molecule has 4 aliphatic carbocycles. The number of Topliss-reactive ketones (excluding diaryl/α,β-unsaturated/α-hetero) is 1. The highest BCUT2D eigenvalue weighted by molar-refractivity contribution is 7.85. The summed E-state index contributed by atoms with van der Waals surface area (Å²) in [5.41, 5.74) is 3.01. The molecule has 3 saturated carbocycles. The lowest BCUT2D eigenvalue weighted by atomic mass is 9.46. The monoisotopic (exact) mass is 1490 g/mol. The lowest BCUT2D eigenvalue weighted by Gasteiger charge is -2.59. The lowest BCUT2D eigenvalue weighted by Crippen LogP contribution is -2.63. The van der Waals surface area contributed by atoms with Crippen LogP contribution < -0.4 is 20.9 Å². The molecule has 3 aliphatic heterocycles. The van der Waals surface area contributed by atoms with Crippen LogP contribution in [0.15, 0.2) is 72.3 Å². The molecule has 31 heteroatoms. The van der Waals surface area contributed by atoms with E-state index in [1.165, 1.54) is 0 Å². The smallest absolute Gasteiger partial charge is 0.266 e. The maximum absolute atomic E-state index is 14.9. The summed E-state index contributed by atoms with van der Waals surface area (Å²) in [4.78, 5) is 95.7. The zero-order chi connectivity index (χ0) is 74.4. The minimum absolute atomic E-state index is 0.0229. The number of hydrogen-bond donors (Lipinski definition) is 5. The Morgan fingerprint density at radius 2 is 1.32 bits per heavy atom. The minimum Gasteiger partial charge on any atom is -0.393 e. The number of amides is 5. The molecular formula is C74H104N8O22S. The summed E-state index contributed by atoms with van der Waals surface area (Å²) in [7, 11) is -4.14. The van der Waals surface area contributed by atoms with E-state index in [9.17, 15) is 47.1 Å². The summed E-state index contributed by atoms with van der Waals surface area (Å²) in [5, 5.41) is 29.2. The maximum Gasteiger partial charge on any atom is 0.266 e. The first kappa shape index (κ1) is 80.7. The van der Waals surface area contributed by atoms with Gasteiger partial charge in [-0.05, 0) is 80.6 Å². The number of nitrogens with one attached hydrogen (secondary N) is 3. The van der Waals surface area contributed by atoms with Gasteiger partial charge in [0, 0.05) is 73.2 Å². The van der Waals surface area contributed by atoms with Crippen molar-refractivity contribution in [2.75, 3.05) is 149 Å². The molecule has 0 spiro atoms. The van der Waals surface area contributed by atoms with Crippen LogP contribution in [0.25, 0.3) is 22.5 Å². The van der Waals surface area contributed by atoms with Crippen molar-refractivity contribution < 1.29 is 104 Å². The van der Waals surface area contributed by atoms with Crippen molar-refractivity contribution in [2.45, 2.75) is 141 Å². The molecule has 578 valence electrons. The number of rotatable bonds is 44. The summed E-state index contributed by atoms with van der Waals surface area (Å²) in [6.07, 6.45) is 7.94. The fraction of sp³-hybridized carbons (Fsp3) is 0.662. The first-order valence-corrected chi connectivity index (χ1v) is 38.5. The molecule has 1 aromatic heterocycles. The van der Waals surface area contributed by atoms with Crippen molar-refractivity contribution >= 4 is 56.9 Å². The fourth-order valence-electron chi connectivity index (χ4n) is 16.2. The van der Waals surface area contributed by atoms with Crippen molar-refractivity contribution in [3.05, 3.63) is 77.9 Å². The normalized spacial score (nSPS) is 25.0. The Kier molecular flexibility index (Phi) is 29.8. The number of likely N-dealkylation sites (tertiary alicyclic amines) is 1. The van der Waals surface area contributed by atoms with Gasteiger partial charge in [-0.2, -0.15) is 8.42 Å². The second-order valence-electron chi connectivity index (χ2n) is 27.9. The van der Waals surface area contributed by atoms with Gasteiger partial charge in [0.05, 0.1) is 155 Å². The maximum atomic E-state index is 14.9. The number of aromatic nitrogens is 3. The Labute approximate surface area is 613 Å². The Morgan fingerprint density at radius 3 is 2.00 bits per heavy atom. The summed E-state index contributed by atoms with van der Waals surface area (Å²) in [6, 6.07) is 15.3. The third-order valence-electron chi connectivity index (χ3n) is 21.1. The Morgan fingerprint density at radius 1 is 0.714 bits per heavy atom. The zero-order valence-electron chi connectivity index (χ0n) is 60.6. The second kappa shape index (κ2) is 38.8. The number of aliphatic hydroxyl groups excluding tert-OH is 1. The van der Waals surface area contributed by atoms with Gasteiger partial charge in [-0.15, -0.1) is 5.10 Å². The van der Waals surface area contributed by atoms with Crippen LogP contribution in [0.2, 0.25) is 0 Å². The number of hydrogen-bond acceptors (Lipinski definition) is 23. The number of fused-ring (bicyclic) bond motifs is 12. The molecule has 5 fully saturated rings. The fourth-order valence-corrected chi connectivity index (χ4v) is 16.5. The number of ether oxygens (including phenoxy) is 11. The third kappa shape index (κ3) is 20.7. The molecule has 5 amide bonds. The van der Waals surface area contributed by atoms with Gasteiger partial charge < -0.3 is 83.0 Å². The molecule has 4 heterocycles. The van der Waals surface area contributed by atoms with Gasteiger partial charge in [0.25, 0.3) is 10.1 Å². The van der Waals surface area contributed by atoms with Crippen molar-refractivity contribution in [1.82, 2.24) is 35.8 Å². The summed E-state index contributed by atoms with van der Waals surface area (Å²) in [6.45, 7) is 11.2. The largest absolute Gasteiger partial charge is 0.393 e. The molecule has 2 saturated heterocycles. The van der Waals surface area contributed by atoms with Crippen LogP contribution in [0.4, 0.5) is 5.69 Å². The predicted molar refractivity (Wildman–Crippen MR) is 379 cm³/mol.